The van der Waals surface area contributed by atoms with Crippen molar-refractivity contribution in [2.75, 3.05) is 0 Å². The van der Waals surface area contributed by atoms with Crippen molar-refractivity contribution >= 4 is 22.5 Å². The molecule has 0 unspecified atom stereocenters. The van der Waals surface area contributed by atoms with E-state index in [0.717, 1.165) is 34.5 Å². The maximum atomic E-state index is 6.41. The second-order valence-electron chi connectivity index (χ2n) is 5.59. The van der Waals surface area contributed by atoms with E-state index in [9.17, 15) is 0 Å². The van der Waals surface area contributed by atoms with Crippen molar-refractivity contribution in [3.63, 3.8) is 0 Å². The highest BCUT2D eigenvalue weighted by molar-refractivity contribution is 6.32. The molecule has 22 heavy (non-hydrogen) atoms. The summed E-state index contributed by atoms with van der Waals surface area (Å²) >= 11 is 6.41. The molecular weight excluding hydrogens is 294 g/mol. The van der Waals surface area contributed by atoms with Gasteiger partial charge in [0.2, 0.25) is 5.88 Å². The number of ether oxygens (including phenoxy) is 1. The van der Waals surface area contributed by atoms with Gasteiger partial charge in [-0.15, -0.1) is 0 Å². The van der Waals surface area contributed by atoms with Crippen LogP contribution in [0.2, 0.25) is 5.02 Å². The lowest BCUT2D eigenvalue weighted by atomic mass is 9.80. The molecule has 0 atom stereocenters. The van der Waals surface area contributed by atoms with Gasteiger partial charge in [0.1, 0.15) is 5.75 Å². The maximum Gasteiger partial charge on any atom is 0.219 e. The molecule has 0 bridgehead atoms. The van der Waals surface area contributed by atoms with Gasteiger partial charge in [-0.1, -0.05) is 29.8 Å². The number of benzene rings is 2. The predicted octanol–water partition coefficient (Wildman–Crippen LogP) is 5.76. The van der Waals surface area contributed by atoms with Crippen LogP contribution in [0.4, 0.5) is 0 Å². The molecule has 3 aromatic rings. The Labute approximate surface area is 134 Å². The summed E-state index contributed by atoms with van der Waals surface area (Å²) in [5.74, 6) is 1.93. The molecule has 2 aromatic carbocycles. The maximum absolute atomic E-state index is 6.41. The summed E-state index contributed by atoms with van der Waals surface area (Å²) in [5, 5.41) is 1.88. The van der Waals surface area contributed by atoms with Crippen LogP contribution in [0.25, 0.3) is 10.9 Å². The molecule has 0 aliphatic heterocycles. The Hall–Kier alpha value is -2.06. The van der Waals surface area contributed by atoms with Crippen molar-refractivity contribution in [1.29, 1.82) is 0 Å². The Morgan fingerprint density at radius 2 is 1.82 bits per heavy atom. The van der Waals surface area contributed by atoms with Gasteiger partial charge in [-0.2, -0.15) is 0 Å². The third kappa shape index (κ3) is 2.55. The molecule has 1 heterocycles. The van der Waals surface area contributed by atoms with E-state index in [-0.39, 0.29) is 0 Å². The Morgan fingerprint density at radius 1 is 1.00 bits per heavy atom. The lowest BCUT2D eigenvalue weighted by Crippen LogP contribution is -2.10. The molecule has 1 fully saturated rings. The van der Waals surface area contributed by atoms with Crippen LogP contribution >= 0.6 is 11.6 Å². The van der Waals surface area contributed by atoms with Crippen LogP contribution < -0.4 is 4.74 Å². The Balaban J connectivity index is 1.71. The quantitative estimate of drug-likeness (QED) is 0.613. The molecule has 0 N–H and O–H groups in total. The molecule has 0 saturated heterocycles. The first-order valence-corrected chi connectivity index (χ1v) is 7.82. The molecule has 2 nitrogen and oxygen atoms in total. The van der Waals surface area contributed by atoms with Crippen molar-refractivity contribution in [3.8, 4) is 11.6 Å². The Bertz CT molecular complexity index is 812. The summed E-state index contributed by atoms with van der Waals surface area (Å²) in [4.78, 5) is 4.62. The Morgan fingerprint density at radius 3 is 2.55 bits per heavy atom. The summed E-state index contributed by atoms with van der Waals surface area (Å²) in [6.07, 6.45) is 4.49. The van der Waals surface area contributed by atoms with Gasteiger partial charge >= 0.3 is 0 Å². The number of rotatable bonds is 3. The molecule has 1 radical (unpaired) electrons. The van der Waals surface area contributed by atoms with Crippen LogP contribution in [0, 0.1) is 6.42 Å². The van der Waals surface area contributed by atoms with E-state index >= 15 is 0 Å². The molecule has 1 aromatic heterocycles. The van der Waals surface area contributed by atoms with Crippen molar-refractivity contribution < 1.29 is 4.74 Å². The number of pyridine rings is 1. The van der Waals surface area contributed by atoms with Gasteiger partial charge in [-0.3, -0.25) is 0 Å². The van der Waals surface area contributed by atoms with E-state index in [0.29, 0.717) is 11.8 Å². The smallest absolute Gasteiger partial charge is 0.219 e. The van der Waals surface area contributed by atoms with E-state index in [4.69, 9.17) is 16.3 Å². The lowest BCUT2D eigenvalue weighted by Gasteiger charge is -2.26. The largest absolute Gasteiger partial charge is 0.439 e. The SMILES string of the molecule is Clc1cc2ccc(Oc3ccccc3)nc2cc1C1C[CH]C1. The summed E-state index contributed by atoms with van der Waals surface area (Å²) < 4.78 is 5.81. The van der Waals surface area contributed by atoms with Gasteiger partial charge in [-0.05, 0) is 61.1 Å². The van der Waals surface area contributed by atoms with Crippen LogP contribution in [-0.4, -0.2) is 4.98 Å². The number of para-hydroxylation sites is 1. The Kier molecular flexibility index (Phi) is 3.47. The van der Waals surface area contributed by atoms with E-state index < -0.39 is 0 Å². The van der Waals surface area contributed by atoms with Crippen LogP contribution in [0.5, 0.6) is 11.6 Å². The summed E-state index contributed by atoms with van der Waals surface area (Å²) in [6.45, 7) is 0. The highest BCUT2D eigenvalue weighted by Crippen LogP contribution is 2.40. The van der Waals surface area contributed by atoms with Crippen LogP contribution in [0.3, 0.4) is 0 Å². The number of halogens is 1. The molecule has 0 spiro atoms. The number of aromatic nitrogens is 1. The number of hydrogen-bond acceptors (Lipinski definition) is 2. The minimum Gasteiger partial charge on any atom is -0.439 e. The minimum absolute atomic E-state index is 0.539. The number of hydrogen-bond donors (Lipinski definition) is 0. The number of nitrogens with zero attached hydrogens (tertiary/aromatic N) is 1. The summed E-state index contributed by atoms with van der Waals surface area (Å²) in [6, 6.07) is 17.7. The zero-order chi connectivity index (χ0) is 14.9. The predicted molar refractivity (Wildman–Crippen MR) is 89.5 cm³/mol. The van der Waals surface area contributed by atoms with E-state index in [1.165, 1.54) is 5.56 Å². The zero-order valence-electron chi connectivity index (χ0n) is 12.0. The average Bonchev–Trinajstić information content (AvgIpc) is 2.48. The van der Waals surface area contributed by atoms with Crippen LogP contribution in [-0.2, 0) is 0 Å². The topological polar surface area (TPSA) is 22.1 Å². The third-order valence-corrected chi connectivity index (χ3v) is 4.42. The van der Waals surface area contributed by atoms with Gasteiger partial charge in [0.25, 0.3) is 0 Å². The van der Waals surface area contributed by atoms with Gasteiger partial charge in [0.15, 0.2) is 0 Å². The molecule has 0 amide bonds. The fourth-order valence-electron chi connectivity index (χ4n) is 2.71. The van der Waals surface area contributed by atoms with Gasteiger partial charge in [-0.25, -0.2) is 4.98 Å². The van der Waals surface area contributed by atoms with Crippen molar-refractivity contribution in [2.45, 2.75) is 18.8 Å². The molecule has 1 aliphatic carbocycles. The second-order valence-corrected chi connectivity index (χ2v) is 6.00. The highest BCUT2D eigenvalue weighted by atomic mass is 35.5. The summed E-state index contributed by atoms with van der Waals surface area (Å²) in [5.41, 5.74) is 2.13. The highest BCUT2D eigenvalue weighted by Gasteiger charge is 2.22. The molecule has 4 rings (SSSR count). The van der Waals surface area contributed by atoms with Gasteiger partial charge < -0.3 is 4.74 Å². The molecule has 1 aliphatic rings. The second kappa shape index (κ2) is 5.62. The van der Waals surface area contributed by atoms with E-state index in [1.807, 2.05) is 48.5 Å². The first-order chi connectivity index (χ1) is 10.8. The zero-order valence-corrected chi connectivity index (χ0v) is 12.8. The van der Waals surface area contributed by atoms with E-state index in [1.54, 1.807) is 0 Å². The molecule has 1 saturated carbocycles. The van der Waals surface area contributed by atoms with Crippen molar-refractivity contribution in [2.24, 2.45) is 0 Å². The van der Waals surface area contributed by atoms with Gasteiger partial charge in [0, 0.05) is 16.5 Å². The fourth-order valence-corrected chi connectivity index (χ4v) is 3.03. The first-order valence-electron chi connectivity index (χ1n) is 7.44. The van der Waals surface area contributed by atoms with Crippen molar-refractivity contribution in [3.05, 3.63) is 71.6 Å². The molecular formula is C19H15ClNO. The lowest BCUT2D eigenvalue weighted by molar-refractivity contribution is 0.465. The monoisotopic (exact) mass is 308 g/mol. The van der Waals surface area contributed by atoms with Crippen LogP contribution in [0.15, 0.2) is 54.6 Å². The summed E-state index contributed by atoms with van der Waals surface area (Å²) in [7, 11) is 0. The van der Waals surface area contributed by atoms with Crippen LogP contribution in [0.1, 0.15) is 24.3 Å². The molecule has 109 valence electrons. The molecule has 3 heteroatoms. The third-order valence-electron chi connectivity index (χ3n) is 4.09. The average molecular weight is 309 g/mol. The minimum atomic E-state index is 0.539. The van der Waals surface area contributed by atoms with E-state index in [2.05, 4.69) is 17.5 Å². The standard InChI is InChI=1S/C19H15ClNO/c20-17-11-14-9-10-19(22-15-7-2-1-3-8-15)21-18(14)12-16(17)13-5-4-6-13/h1-4,7-13H,5-6H2. The fraction of sp³-hybridized carbons (Fsp3) is 0.158. The van der Waals surface area contributed by atoms with Crippen molar-refractivity contribution in [1.82, 2.24) is 4.98 Å². The number of fused-ring (bicyclic) bond motifs is 1. The normalized spacial score (nSPS) is 14.8. The van der Waals surface area contributed by atoms with Gasteiger partial charge in [0.05, 0.1) is 5.52 Å². The first kappa shape index (κ1) is 13.6.